The molecule has 0 aliphatic carbocycles. The van der Waals surface area contributed by atoms with Gasteiger partial charge in [0.1, 0.15) is 0 Å². The van der Waals surface area contributed by atoms with Crippen molar-refractivity contribution in [3.8, 4) is 0 Å². The van der Waals surface area contributed by atoms with Gasteiger partial charge < -0.3 is 5.11 Å². The second-order valence-electron chi connectivity index (χ2n) is 6.80. The summed E-state index contributed by atoms with van der Waals surface area (Å²) in [5, 5.41) is 9.91. The van der Waals surface area contributed by atoms with Crippen molar-refractivity contribution >= 4 is 22.3 Å². The van der Waals surface area contributed by atoms with Crippen molar-refractivity contribution in [2.75, 3.05) is 0 Å². The van der Waals surface area contributed by atoms with Crippen molar-refractivity contribution in [3.63, 3.8) is 0 Å². The van der Waals surface area contributed by atoms with E-state index in [0.29, 0.717) is 6.42 Å². The van der Waals surface area contributed by atoms with E-state index in [9.17, 15) is 4.79 Å². The molecule has 0 aromatic heterocycles. The molecule has 0 rings (SSSR count). The van der Waals surface area contributed by atoms with E-state index in [-0.39, 0.29) is 0 Å². The molecule has 0 aromatic rings. The van der Waals surface area contributed by atoms with Gasteiger partial charge in [0.2, 0.25) is 16.3 Å². The lowest BCUT2D eigenvalue weighted by Crippen LogP contribution is -1.93. The molecule has 138 valence electrons. The predicted octanol–water partition coefficient (Wildman–Crippen LogP) is 6.39. The zero-order valence-corrected chi connectivity index (χ0v) is 18.4. The van der Waals surface area contributed by atoms with Gasteiger partial charge in [0.15, 0.2) is 0 Å². The first-order chi connectivity index (χ1) is 11.2. The van der Waals surface area contributed by atoms with E-state index in [1.165, 1.54) is 105 Å². The lowest BCUT2D eigenvalue weighted by molar-refractivity contribution is -0.137. The molecule has 0 aliphatic heterocycles. The van der Waals surface area contributed by atoms with Crippen LogP contribution in [0.1, 0.15) is 117 Å². The minimum atomic E-state index is -0.653. The summed E-state index contributed by atoms with van der Waals surface area (Å²) in [6.45, 7) is 4.46. The molecule has 0 aliphatic rings. The zero-order valence-electron chi connectivity index (χ0n) is 16.4. The maximum Gasteiger partial charge on any atom is 0.303 e. The summed E-state index contributed by atoms with van der Waals surface area (Å²) in [6, 6.07) is 0. The second-order valence-corrected chi connectivity index (χ2v) is 8.21. The normalized spacial score (nSPS) is 10.2. The quantitative estimate of drug-likeness (QED) is 0.261. The molecule has 0 bridgehead atoms. The third-order valence-corrected chi connectivity index (χ3v) is 3.99. The maximum atomic E-state index is 10.3. The molecule has 0 spiro atoms. The maximum absolute atomic E-state index is 10.3. The molecule has 1 N–H and O–H groups in total. The minimum Gasteiger partial charge on any atom is -0.481 e. The van der Waals surface area contributed by atoms with Crippen LogP contribution in [0.4, 0.5) is 0 Å². The van der Waals surface area contributed by atoms with Crippen molar-refractivity contribution < 1.29 is 9.90 Å². The Morgan fingerprint density at radius 2 is 0.913 bits per heavy atom. The first-order valence-corrected chi connectivity index (χ1v) is 11.8. The summed E-state index contributed by atoms with van der Waals surface area (Å²) >= 11 is 1.37. The van der Waals surface area contributed by atoms with E-state index in [0.717, 1.165) is 12.8 Å². The van der Waals surface area contributed by atoms with Gasteiger partial charge in [-0.1, -0.05) is 104 Å². The summed E-state index contributed by atoms with van der Waals surface area (Å²) in [4.78, 5) is 10.3. The molecule has 0 atom stereocenters. The summed E-state index contributed by atoms with van der Waals surface area (Å²) < 4.78 is 0. The highest BCUT2D eigenvalue weighted by molar-refractivity contribution is 6.08. The van der Waals surface area contributed by atoms with E-state index >= 15 is 0 Å². The van der Waals surface area contributed by atoms with Crippen LogP contribution in [0.15, 0.2) is 0 Å². The molecule has 2 nitrogen and oxygen atoms in total. The molecule has 0 unspecified atom stereocenters. The molecule has 0 radical (unpaired) electrons. The van der Waals surface area contributed by atoms with Gasteiger partial charge in [-0.3, -0.25) is 4.79 Å². The molecule has 0 fully saturated rings. The molecular formula is C20H43AlO2. The average Bonchev–Trinajstić information content (AvgIpc) is 2.51. The predicted molar refractivity (Wildman–Crippen MR) is 106 cm³/mol. The van der Waals surface area contributed by atoms with Crippen LogP contribution in [0.3, 0.4) is 0 Å². The third kappa shape index (κ3) is 30.5. The number of hydrogen-bond acceptors (Lipinski definition) is 1. The van der Waals surface area contributed by atoms with Crippen LogP contribution in [0.5, 0.6) is 0 Å². The van der Waals surface area contributed by atoms with Gasteiger partial charge in [0.05, 0.1) is 0 Å². The van der Waals surface area contributed by atoms with E-state index in [4.69, 9.17) is 5.11 Å². The van der Waals surface area contributed by atoms with Crippen LogP contribution < -0.4 is 0 Å². The van der Waals surface area contributed by atoms with Crippen molar-refractivity contribution in [1.82, 2.24) is 0 Å². The Kier molecular flexibility index (Phi) is 26.6. The third-order valence-electron chi connectivity index (χ3n) is 3.99. The van der Waals surface area contributed by atoms with Gasteiger partial charge >= 0.3 is 5.97 Å². The lowest BCUT2D eigenvalue weighted by atomic mass is 10.0. The standard InChI is InChI=1S/C18H36O2.C2H5.Al.2H/c1-2-3-4-5-6-7-8-9-10-11-12-13-14-15-16-17-18(19)20;1-2;;;/h2-17H2,1H3,(H,19,20);1H2,2H3;;;. The minimum absolute atomic E-state index is 0.345. The van der Waals surface area contributed by atoms with Gasteiger partial charge in [0.25, 0.3) is 0 Å². The summed E-state index contributed by atoms with van der Waals surface area (Å²) in [5.74, 6) is -0.653. The highest BCUT2D eigenvalue weighted by Crippen LogP contribution is 2.13. The molecule has 0 saturated carbocycles. The Bertz CT molecular complexity index is 220. The van der Waals surface area contributed by atoms with Crippen LogP contribution in [-0.2, 0) is 4.79 Å². The van der Waals surface area contributed by atoms with Crippen LogP contribution in [0, 0.1) is 0 Å². The summed E-state index contributed by atoms with van der Waals surface area (Å²) in [5.41, 5.74) is 0. The van der Waals surface area contributed by atoms with E-state index in [1.54, 1.807) is 0 Å². The van der Waals surface area contributed by atoms with Crippen molar-refractivity contribution in [2.45, 2.75) is 122 Å². The number of carbonyl (C=O) groups is 1. The Balaban J connectivity index is 0. The largest absolute Gasteiger partial charge is 0.481 e. The van der Waals surface area contributed by atoms with Crippen molar-refractivity contribution in [1.29, 1.82) is 0 Å². The van der Waals surface area contributed by atoms with E-state index < -0.39 is 5.97 Å². The fourth-order valence-corrected chi connectivity index (χ4v) is 2.65. The van der Waals surface area contributed by atoms with Crippen molar-refractivity contribution in [2.24, 2.45) is 0 Å². The Hall–Kier alpha value is 0.00247. The molecule has 0 aromatic carbocycles. The monoisotopic (exact) mass is 342 g/mol. The summed E-state index contributed by atoms with van der Waals surface area (Å²) in [7, 11) is 0. The zero-order chi connectivity index (χ0) is 17.6. The van der Waals surface area contributed by atoms with Gasteiger partial charge in [-0.15, -0.1) is 5.28 Å². The Labute approximate surface area is 154 Å². The topological polar surface area (TPSA) is 37.3 Å². The number of hydrogen-bond donors (Lipinski definition) is 1. The van der Waals surface area contributed by atoms with E-state index in [2.05, 4.69) is 13.8 Å². The number of rotatable bonds is 16. The molecule has 3 heteroatoms. The first kappa shape index (κ1) is 25.2. The fourth-order valence-electron chi connectivity index (χ4n) is 2.65. The summed E-state index contributed by atoms with van der Waals surface area (Å²) in [6.07, 6.45) is 20.2. The van der Waals surface area contributed by atoms with Crippen LogP contribution in [0.2, 0.25) is 5.28 Å². The second kappa shape index (κ2) is 24.3. The smallest absolute Gasteiger partial charge is 0.303 e. The van der Waals surface area contributed by atoms with Gasteiger partial charge in [-0.2, -0.15) is 0 Å². The number of carboxylic acid groups (broad SMARTS) is 1. The van der Waals surface area contributed by atoms with Crippen molar-refractivity contribution in [3.05, 3.63) is 0 Å². The average molecular weight is 343 g/mol. The Morgan fingerprint density at radius 3 is 1.17 bits per heavy atom. The van der Waals surface area contributed by atoms with Gasteiger partial charge in [-0.05, 0) is 6.42 Å². The number of aliphatic carboxylic acids is 1. The van der Waals surface area contributed by atoms with Crippen LogP contribution in [-0.4, -0.2) is 27.4 Å². The molecule has 23 heavy (non-hydrogen) atoms. The fraction of sp³-hybridized carbons (Fsp3) is 0.950. The van der Waals surface area contributed by atoms with Crippen LogP contribution in [0.25, 0.3) is 0 Å². The van der Waals surface area contributed by atoms with Crippen LogP contribution >= 0.6 is 0 Å². The first-order valence-electron chi connectivity index (χ1n) is 10.4. The molecule has 0 heterocycles. The van der Waals surface area contributed by atoms with Gasteiger partial charge in [-0.25, -0.2) is 0 Å². The molecule has 0 amide bonds. The molecule has 0 saturated heterocycles. The number of unbranched alkanes of at least 4 members (excludes halogenated alkanes) is 14. The van der Waals surface area contributed by atoms with E-state index in [1.807, 2.05) is 0 Å². The SMILES string of the molecule is CCCCCCCCCCCCCCCCCC(=O)O.C[CH2][AlH2]. The molecular weight excluding hydrogens is 299 g/mol. The lowest BCUT2D eigenvalue weighted by Gasteiger charge is -2.03. The van der Waals surface area contributed by atoms with Gasteiger partial charge in [0, 0.05) is 6.42 Å². The Morgan fingerprint density at radius 1 is 0.652 bits per heavy atom. The highest BCUT2D eigenvalue weighted by atomic mass is 27.0. The number of carboxylic acids is 1. The highest BCUT2D eigenvalue weighted by Gasteiger charge is 1.97.